The first-order valence-electron chi connectivity index (χ1n) is 3.44. The number of hydrogen-bond donors (Lipinski definition) is 1. The van der Waals surface area contributed by atoms with Crippen LogP contribution in [0.5, 0.6) is 0 Å². The van der Waals surface area contributed by atoms with Crippen molar-refractivity contribution in [3.05, 3.63) is 28.2 Å². The molecule has 1 aromatic rings. The maximum absolute atomic E-state index is 10.6. The van der Waals surface area contributed by atoms with Gasteiger partial charge in [0.25, 0.3) is 0 Å². The van der Waals surface area contributed by atoms with Gasteiger partial charge in [0.1, 0.15) is 0 Å². The van der Waals surface area contributed by atoms with Gasteiger partial charge < -0.3 is 5.11 Å². The molecule has 0 aliphatic carbocycles. The van der Waals surface area contributed by atoms with Crippen LogP contribution in [0.3, 0.4) is 0 Å². The van der Waals surface area contributed by atoms with Crippen molar-refractivity contribution in [3.63, 3.8) is 0 Å². The number of benzene rings is 1. The summed E-state index contributed by atoms with van der Waals surface area (Å²) in [7, 11) is 1.41. The van der Waals surface area contributed by atoms with E-state index in [0.717, 1.165) is 4.90 Å². The van der Waals surface area contributed by atoms with Crippen molar-refractivity contribution >= 4 is 35.0 Å². The second-order valence-electron chi connectivity index (χ2n) is 2.44. The lowest BCUT2D eigenvalue weighted by atomic mass is 10.3. The predicted octanol–water partition coefficient (Wildman–Crippen LogP) is 3.11. The molecule has 5 heteroatoms. The molecule has 0 aliphatic rings. The average Bonchev–Trinajstić information content (AvgIpc) is 2.03. The lowest BCUT2D eigenvalue weighted by Gasteiger charge is -2.14. The van der Waals surface area contributed by atoms with Gasteiger partial charge in [-0.15, -0.1) is 0 Å². The lowest BCUT2D eigenvalue weighted by Crippen LogP contribution is -2.23. The van der Waals surface area contributed by atoms with Crippen LogP contribution in [0.25, 0.3) is 0 Å². The summed E-state index contributed by atoms with van der Waals surface area (Å²) in [5, 5.41) is 9.46. The molecule has 70 valence electrons. The normalized spacial score (nSPS) is 9.77. The molecule has 0 radical (unpaired) electrons. The van der Waals surface area contributed by atoms with Crippen LogP contribution in [0.4, 0.5) is 10.5 Å². The number of carbonyl (C=O) groups is 1. The Balaban J connectivity index is 3.08. The summed E-state index contributed by atoms with van der Waals surface area (Å²) in [6.07, 6.45) is -1.07. The molecule has 0 saturated carbocycles. The number of rotatable bonds is 1. The molecule has 13 heavy (non-hydrogen) atoms. The standard InChI is InChI=1S/C8H7Cl2NO2/c1-11(8(12)13)7-3-2-5(9)4-6(7)10/h2-4H,1H3,(H,12,13). The van der Waals surface area contributed by atoms with Crippen LogP contribution in [0.2, 0.25) is 10.0 Å². The van der Waals surface area contributed by atoms with Crippen molar-refractivity contribution < 1.29 is 9.90 Å². The van der Waals surface area contributed by atoms with E-state index in [2.05, 4.69) is 0 Å². The Labute approximate surface area is 85.5 Å². The first kappa shape index (κ1) is 10.2. The van der Waals surface area contributed by atoms with Gasteiger partial charge in [-0.25, -0.2) is 4.79 Å². The summed E-state index contributed by atoms with van der Waals surface area (Å²) in [5.41, 5.74) is 0.415. The summed E-state index contributed by atoms with van der Waals surface area (Å²) in [4.78, 5) is 11.6. The zero-order valence-corrected chi connectivity index (χ0v) is 8.30. The second-order valence-corrected chi connectivity index (χ2v) is 3.28. The first-order valence-corrected chi connectivity index (χ1v) is 4.19. The monoisotopic (exact) mass is 219 g/mol. The number of hydrogen-bond acceptors (Lipinski definition) is 1. The van der Waals surface area contributed by atoms with Crippen LogP contribution < -0.4 is 4.90 Å². The van der Waals surface area contributed by atoms with E-state index in [1.807, 2.05) is 0 Å². The molecule has 0 aliphatic heterocycles. The molecule has 0 spiro atoms. The number of anilines is 1. The van der Waals surface area contributed by atoms with Crippen molar-refractivity contribution in [2.24, 2.45) is 0 Å². The third-order valence-corrected chi connectivity index (χ3v) is 2.10. The fourth-order valence-electron chi connectivity index (χ4n) is 0.856. The van der Waals surface area contributed by atoms with E-state index in [1.165, 1.54) is 13.1 Å². The van der Waals surface area contributed by atoms with Crippen LogP contribution in [0.15, 0.2) is 18.2 Å². The van der Waals surface area contributed by atoms with Crippen LogP contribution in [-0.2, 0) is 0 Å². The molecular weight excluding hydrogens is 213 g/mol. The Morgan fingerprint density at radius 2 is 2.08 bits per heavy atom. The quantitative estimate of drug-likeness (QED) is 0.789. The Kier molecular flexibility index (Phi) is 3.01. The first-order chi connectivity index (χ1) is 6.02. The molecule has 1 rings (SSSR count). The van der Waals surface area contributed by atoms with E-state index >= 15 is 0 Å². The molecule has 1 amide bonds. The highest BCUT2D eigenvalue weighted by Gasteiger charge is 2.11. The third-order valence-electron chi connectivity index (χ3n) is 1.56. The molecule has 0 heterocycles. The average molecular weight is 220 g/mol. The molecule has 0 aromatic heterocycles. The molecule has 0 saturated heterocycles. The summed E-state index contributed by atoms with van der Waals surface area (Å²) in [5.74, 6) is 0. The van der Waals surface area contributed by atoms with E-state index in [0.29, 0.717) is 15.7 Å². The SMILES string of the molecule is CN(C(=O)O)c1ccc(Cl)cc1Cl. The molecule has 0 unspecified atom stereocenters. The Bertz CT molecular complexity index is 341. The van der Waals surface area contributed by atoms with Gasteiger partial charge in [0.05, 0.1) is 10.7 Å². The van der Waals surface area contributed by atoms with Crippen molar-refractivity contribution in [1.82, 2.24) is 0 Å². The maximum atomic E-state index is 10.6. The molecule has 0 fully saturated rings. The van der Waals surface area contributed by atoms with Crippen LogP contribution >= 0.6 is 23.2 Å². The Morgan fingerprint density at radius 3 is 2.54 bits per heavy atom. The minimum Gasteiger partial charge on any atom is -0.465 e. The van der Waals surface area contributed by atoms with E-state index in [4.69, 9.17) is 28.3 Å². The van der Waals surface area contributed by atoms with Crippen LogP contribution in [0.1, 0.15) is 0 Å². The minimum atomic E-state index is -1.07. The van der Waals surface area contributed by atoms with Gasteiger partial charge in [-0.2, -0.15) is 0 Å². The van der Waals surface area contributed by atoms with Crippen LogP contribution in [0, 0.1) is 0 Å². The Hall–Kier alpha value is -0.930. The van der Waals surface area contributed by atoms with Gasteiger partial charge in [0, 0.05) is 12.1 Å². The summed E-state index contributed by atoms with van der Waals surface area (Å²) in [6, 6.07) is 4.64. The molecular formula is C8H7Cl2NO2. The van der Waals surface area contributed by atoms with Crippen molar-refractivity contribution in [2.45, 2.75) is 0 Å². The van der Waals surface area contributed by atoms with Crippen molar-refractivity contribution in [3.8, 4) is 0 Å². The van der Waals surface area contributed by atoms with Crippen molar-refractivity contribution in [2.75, 3.05) is 11.9 Å². The smallest absolute Gasteiger partial charge is 0.411 e. The second kappa shape index (κ2) is 3.85. The lowest BCUT2D eigenvalue weighted by molar-refractivity contribution is 0.203. The highest BCUT2D eigenvalue weighted by atomic mass is 35.5. The third kappa shape index (κ3) is 2.26. The highest BCUT2D eigenvalue weighted by molar-refractivity contribution is 6.36. The van der Waals surface area contributed by atoms with E-state index in [-0.39, 0.29) is 0 Å². The Morgan fingerprint density at radius 1 is 1.46 bits per heavy atom. The minimum absolute atomic E-state index is 0.317. The summed E-state index contributed by atoms with van der Waals surface area (Å²) in [6.45, 7) is 0. The number of nitrogens with zero attached hydrogens (tertiary/aromatic N) is 1. The van der Waals surface area contributed by atoms with Gasteiger partial charge in [0.15, 0.2) is 0 Å². The molecule has 1 aromatic carbocycles. The number of amides is 1. The summed E-state index contributed by atoms with van der Waals surface area (Å²) >= 11 is 11.4. The van der Waals surface area contributed by atoms with E-state index < -0.39 is 6.09 Å². The van der Waals surface area contributed by atoms with Gasteiger partial charge in [-0.3, -0.25) is 4.90 Å². The number of carboxylic acid groups (broad SMARTS) is 1. The van der Waals surface area contributed by atoms with Gasteiger partial charge in [-0.05, 0) is 18.2 Å². The van der Waals surface area contributed by atoms with Crippen molar-refractivity contribution in [1.29, 1.82) is 0 Å². The largest absolute Gasteiger partial charge is 0.465 e. The van der Waals surface area contributed by atoms with Gasteiger partial charge in [0.2, 0.25) is 0 Å². The highest BCUT2D eigenvalue weighted by Crippen LogP contribution is 2.27. The van der Waals surface area contributed by atoms with E-state index in [9.17, 15) is 4.79 Å². The fourth-order valence-corrected chi connectivity index (χ4v) is 1.39. The molecule has 1 N–H and O–H groups in total. The fraction of sp³-hybridized carbons (Fsp3) is 0.125. The zero-order chi connectivity index (χ0) is 10.0. The molecule has 0 bridgehead atoms. The molecule has 3 nitrogen and oxygen atoms in total. The van der Waals surface area contributed by atoms with E-state index in [1.54, 1.807) is 12.1 Å². The van der Waals surface area contributed by atoms with Gasteiger partial charge >= 0.3 is 6.09 Å². The van der Waals surface area contributed by atoms with Crippen LogP contribution in [-0.4, -0.2) is 18.2 Å². The molecule has 0 atom stereocenters. The zero-order valence-electron chi connectivity index (χ0n) is 6.79. The van der Waals surface area contributed by atoms with Gasteiger partial charge in [-0.1, -0.05) is 23.2 Å². The maximum Gasteiger partial charge on any atom is 0.411 e. The number of halogens is 2. The topological polar surface area (TPSA) is 40.5 Å². The summed E-state index contributed by atoms with van der Waals surface area (Å²) < 4.78 is 0. The predicted molar refractivity (Wildman–Crippen MR) is 52.9 cm³/mol.